The van der Waals surface area contributed by atoms with Crippen LogP contribution >= 0.6 is 11.6 Å². The Hall–Kier alpha value is -4.23. The number of rotatable bonds is 6. The molecule has 5 nitrogen and oxygen atoms in total. The molecule has 0 saturated carbocycles. The highest BCUT2D eigenvalue weighted by Crippen LogP contribution is 2.39. The SMILES string of the molecule is C\C=C(/C=C\C(=C(/C)CC)C1CCCC(C)C(=O)Nc2cc(NC(=O)OC)ccc2-c2cccc1c2)c1c(F)ccc(Cl)c1F. The summed E-state index contributed by atoms with van der Waals surface area (Å²) in [7, 11) is 1.29. The molecular weight excluding hydrogens is 594 g/mol. The summed E-state index contributed by atoms with van der Waals surface area (Å²) in [4.78, 5) is 25.1. The van der Waals surface area contributed by atoms with E-state index in [0.717, 1.165) is 47.1 Å². The average molecular weight is 633 g/mol. The second-order valence-corrected chi connectivity index (χ2v) is 11.7. The summed E-state index contributed by atoms with van der Waals surface area (Å²) < 4.78 is 34.5. The molecule has 2 unspecified atom stereocenters. The topological polar surface area (TPSA) is 67.4 Å². The number of carbonyl (C=O) groups excluding carboxylic acids is 2. The molecule has 1 aliphatic rings. The van der Waals surface area contributed by atoms with Crippen LogP contribution < -0.4 is 10.6 Å². The first-order chi connectivity index (χ1) is 21.6. The van der Waals surface area contributed by atoms with E-state index in [1.807, 2.05) is 31.2 Å². The summed E-state index contributed by atoms with van der Waals surface area (Å²) in [6, 6.07) is 16.0. The molecule has 0 fully saturated rings. The van der Waals surface area contributed by atoms with Gasteiger partial charge in [0.2, 0.25) is 5.91 Å². The highest BCUT2D eigenvalue weighted by molar-refractivity contribution is 6.31. The maximum Gasteiger partial charge on any atom is 0.411 e. The van der Waals surface area contributed by atoms with Gasteiger partial charge in [0.05, 0.1) is 23.4 Å². The average Bonchev–Trinajstić information content (AvgIpc) is 3.04. The minimum absolute atomic E-state index is 0.0355. The summed E-state index contributed by atoms with van der Waals surface area (Å²) in [6.07, 6.45) is 7.81. The van der Waals surface area contributed by atoms with Gasteiger partial charge < -0.3 is 10.1 Å². The largest absolute Gasteiger partial charge is 0.453 e. The van der Waals surface area contributed by atoms with Gasteiger partial charge in [-0.3, -0.25) is 10.1 Å². The maximum absolute atomic E-state index is 15.0. The van der Waals surface area contributed by atoms with Gasteiger partial charge in [0.15, 0.2) is 5.82 Å². The number of ether oxygens (including phenoxy) is 1. The first-order valence-electron chi connectivity index (χ1n) is 15.2. The second-order valence-electron chi connectivity index (χ2n) is 11.3. The van der Waals surface area contributed by atoms with Gasteiger partial charge in [0.25, 0.3) is 0 Å². The van der Waals surface area contributed by atoms with E-state index < -0.39 is 17.7 Å². The zero-order valence-corrected chi connectivity index (χ0v) is 27.0. The lowest BCUT2D eigenvalue weighted by Crippen LogP contribution is -2.21. The van der Waals surface area contributed by atoms with Crippen molar-refractivity contribution in [3.63, 3.8) is 0 Å². The Bertz CT molecular complexity index is 1680. The van der Waals surface area contributed by atoms with Crippen LogP contribution in [0.15, 0.2) is 84.0 Å². The predicted molar refractivity (Wildman–Crippen MR) is 179 cm³/mol. The number of nitrogens with one attached hydrogen (secondary N) is 2. The Balaban J connectivity index is 1.83. The molecule has 2 N–H and O–H groups in total. The molecule has 2 atom stereocenters. The quantitative estimate of drug-likeness (QED) is 0.210. The fourth-order valence-corrected chi connectivity index (χ4v) is 5.80. The summed E-state index contributed by atoms with van der Waals surface area (Å²) in [5.41, 5.74) is 6.33. The Kier molecular flexibility index (Phi) is 11.3. The van der Waals surface area contributed by atoms with E-state index in [-0.39, 0.29) is 28.3 Å². The Labute approximate surface area is 269 Å². The molecule has 2 amide bonds. The van der Waals surface area contributed by atoms with E-state index in [0.29, 0.717) is 23.4 Å². The van der Waals surface area contributed by atoms with Gasteiger partial charge >= 0.3 is 6.09 Å². The number of hydrogen-bond donors (Lipinski definition) is 2. The van der Waals surface area contributed by atoms with Gasteiger partial charge in [-0.05, 0) is 79.6 Å². The fraction of sp³-hybridized carbons (Fsp3) is 0.297. The molecule has 8 heteroatoms. The number of methoxy groups -OCH3 is 1. The van der Waals surface area contributed by atoms with E-state index in [9.17, 15) is 18.4 Å². The minimum atomic E-state index is -0.790. The number of anilines is 2. The Morgan fingerprint density at radius 1 is 1.11 bits per heavy atom. The number of hydrogen-bond acceptors (Lipinski definition) is 3. The van der Waals surface area contributed by atoms with Crippen molar-refractivity contribution in [1.82, 2.24) is 0 Å². The van der Waals surface area contributed by atoms with Crippen LogP contribution in [0.25, 0.3) is 16.7 Å². The van der Waals surface area contributed by atoms with Crippen molar-refractivity contribution >= 4 is 40.5 Å². The summed E-state index contributed by atoms with van der Waals surface area (Å²) in [5.74, 6) is -1.87. The van der Waals surface area contributed by atoms with Crippen LogP contribution in [0.1, 0.15) is 70.4 Å². The van der Waals surface area contributed by atoms with Gasteiger partial charge in [0.1, 0.15) is 5.82 Å². The third kappa shape index (κ3) is 7.90. The monoisotopic (exact) mass is 632 g/mol. The van der Waals surface area contributed by atoms with E-state index >= 15 is 0 Å². The number of carbonyl (C=O) groups is 2. The zero-order valence-electron chi connectivity index (χ0n) is 26.3. The van der Waals surface area contributed by atoms with E-state index in [1.165, 1.54) is 19.2 Å². The standard InChI is InChI=1S/C37H39ClF2N2O3/c1-6-22(3)28(16-14-24(7-2)34-32(39)19-18-31(38)35(34)40)29-13-8-10-23(4)36(43)42-33-21-27(41-37(44)45-5)15-17-30(33)26-12-9-11-25(29)20-26/h7,9,11-12,14-21,23,29H,6,8,10,13H2,1-5H3,(H,41,44)(H,42,43)/b16-14-,24-7+,28-22-. The summed E-state index contributed by atoms with van der Waals surface area (Å²) >= 11 is 6.01. The maximum atomic E-state index is 15.0. The molecule has 1 heterocycles. The van der Waals surface area contributed by atoms with Crippen LogP contribution in [0.4, 0.5) is 25.0 Å². The van der Waals surface area contributed by atoms with Crippen LogP contribution in [0.2, 0.25) is 5.02 Å². The molecule has 45 heavy (non-hydrogen) atoms. The van der Waals surface area contributed by atoms with Crippen LogP contribution in [0, 0.1) is 17.6 Å². The lowest BCUT2D eigenvalue weighted by Gasteiger charge is -2.25. The molecule has 0 aliphatic carbocycles. The molecule has 3 aromatic carbocycles. The molecule has 4 rings (SSSR count). The van der Waals surface area contributed by atoms with Crippen LogP contribution in [-0.2, 0) is 9.53 Å². The number of fused-ring (bicyclic) bond motifs is 4. The lowest BCUT2D eigenvalue weighted by atomic mass is 9.81. The van der Waals surface area contributed by atoms with Gasteiger partial charge in [-0.2, -0.15) is 0 Å². The summed E-state index contributed by atoms with van der Waals surface area (Å²) in [5, 5.41) is 5.60. The van der Waals surface area contributed by atoms with Crippen molar-refractivity contribution < 1.29 is 23.1 Å². The number of allylic oxidation sites excluding steroid dienone is 6. The van der Waals surface area contributed by atoms with Crippen molar-refractivity contribution in [2.45, 2.75) is 59.3 Å². The number of halogens is 3. The Morgan fingerprint density at radius 2 is 1.89 bits per heavy atom. The number of benzene rings is 3. The lowest BCUT2D eigenvalue weighted by molar-refractivity contribution is -0.119. The highest BCUT2D eigenvalue weighted by Gasteiger charge is 2.23. The molecule has 2 bridgehead atoms. The fourth-order valence-electron chi connectivity index (χ4n) is 5.64. The predicted octanol–water partition coefficient (Wildman–Crippen LogP) is 10.7. The van der Waals surface area contributed by atoms with Crippen LogP contribution in [0.5, 0.6) is 0 Å². The zero-order chi connectivity index (χ0) is 32.7. The smallest absolute Gasteiger partial charge is 0.411 e. The van der Waals surface area contributed by atoms with Gasteiger partial charge in [-0.1, -0.05) is 86.0 Å². The Morgan fingerprint density at radius 3 is 2.60 bits per heavy atom. The van der Waals surface area contributed by atoms with Crippen molar-refractivity contribution in [3.8, 4) is 11.1 Å². The number of amides is 2. The van der Waals surface area contributed by atoms with E-state index in [4.69, 9.17) is 16.3 Å². The minimum Gasteiger partial charge on any atom is -0.453 e. The molecule has 0 radical (unpaired) electrons. The first kappa shape index (κ1) is 33.7. The van der Waals surface area contributed by atoms with Gasteiger partial charge in [0, 0.05) is 23.1 Å². The first-order valence-corrected chi connectivity index (χ1v) is 15.5. The van der Waals surface area contributed by atoms with Gasteiger partial charge in [-0.15, -0.1) is 0 Å². The van der Waals surface area contributed by atoms with E-state index in [2.05, 4.69) is 36.6 Å². The van der Waals surface area contributed by atoms with Crippen molar-refractivity contribution in [1.29, 1.82) is 0 Å². The summed E-state index contributed by atoms with van der Waals surface area (Å²) in [6.45, 7) is 7.82. The van der Waals surface area contributed by atoms with Crippen molar-refractivity contribution in [3.05, 3.63) is 112 Å². The van der Waals surface area contributed by atoms with Crippen LogP contribution in [0.3, 0.4) is 0 Å². The van der Waals surface area contributed by atoms with Crippen LogP contribution in [-0.4, -0.2) is 19.1 Å². The van der Waals surface area contributed by atoms with E-state index in [1.54, 1.807) is 31.2 Å². The normalized spacial score (nSPS) is 17.9. The molecule has 236 valence electrons. The molecule has 3 aromatic rings. The molecule has 0 aromatic heterocycles. The molecule has 0 saturated heterocycles. The third-order valence-electron chi connectivity index (χ3n) is 8.37. The third-order valence-corrected chi connectivity index (χ3v) is 8.66. The van der Waals surface area contributed by atoms with Crippen molar-refractivity contribution in [2.24, 2.45) is 5.92 Å². The molecule has 1 aliphatic heterocycles. The highest BCUT2D eigenvalue weighted by atomic mass is 35.5. The van der Waals surface area contributed by atoms with Gasteiger partial charge in [-0.25, -0.2) is 13.6 Å². The molecule has 0 spiro atoms. The van der Waals surface area contributed by atoms with Crippen molar-refractivity contribution in [2.75, 3.05) is 17.7 Å². The second kappa shape index (κ2) is 15.2. The molecular formula is C37H39ClF2N2O3.